The lowest BCUT2D eigenvalue weighted by Gasteiger charge is -2.20. The van der Waals surface area contributed by atoms with Gasteiger partial charge in [-0.25, -0.2) is 0 Å². The molecule has 110 valence electrons. The molecule has 0 saturated carbocycles. The van der Waals surface area contributed by atoms with Crippen LogP contribution in [-0.2, 0) is 4.79 Å². The monoisotopic (exact) mass is 303 g/mol. The maximum absolute atomic E-state index is 12.0. The van der Waals surface area contributed by atoms with E-state index in [1.165, 1.54) is 0 Å². The molecule has 1 amide bonds. The Balaban J connectivity index is 2.01. The predicted octanol–water partition coefficient (Wildman–Crippen LogP) is 4.68. The van der Waals surface area contributed by atoms with E-state index in [0.29, 0.717) is 0 Å². The summed E-state index contributed by atoms with van der Waals surface area (Å²) in [5.41, 5.74) is 0.124. The second kappa shape index (κ2) is 6.64. The molecular weight excluding hydrogens is 286 g/mol. The minimum Gasteiger partial charge on any atom is -0.457 e. The molecule has 0 aliphatic rings. The molecule has 0 radical (unpaired) electrons. The number of alkyl halides is 1. The minimum atomic E-state index is -0.596. The van der Waals surface area contributed by atoms with Crippen LogP contribution in [0, 0.1) is 5.41 Å². The number of carbonyl (C=O) groups is 1. The van der Waals surface area contributed by atoms with E-state index in [-0.39, 0.29) is 11.8 Å². The highest BCUT2D eigenvalue weighted by Gasteiger charge is 2.26. The van der Waals surface area contributed by atoms with Crippen molar-refractivity contribution in [2.45, 2.75) is 13.8 Å². The van der Waals surface area contributed by atoms with E-state index in [2.05, 4.69) is 5.32 Å². The summed E-state index contributed by atoms with van der Waals surface area (Å²) in [6.45, 7) is 3.62. The van der Waals surface area contributed by atoms with Gasteiger partial charge in [0.05, 0.1) is 5.41 Å². The van der Waals surface area contributed by atoms with Gasteiger partial charge in [-0.3, -0.25) is 4.79 Å². The highest BCUT2D eigenvalue weighted by Crippen LogP contribution is 2.24. The quantitative estimate of drug-likeness (QED) is 0.814. The second-order valence-corrected chi connectivity index (χ2v) is 5.68. The number of benzene rings is 2. The zero-order valence-corrected chi connectivity index (χ0v) is 12.9. The molecule has 0 bridgehead atoms. The fraction of sp³-hybridized carbons (Fsp3) is 0.235. The van der Waals surface area contributed by atoms with Crippen molar-refractivity contribution in [2.24, 2.45) is 5.41 Å². The van der Waals surface area contributed by atoms with Gasteiger partial charge in [-0.2, -0.15) is 0 Å². The highest BCUT2D eigenvalue weighted by molar-refractivity contribution is 6.20. The van der Waals surface area contributed by atoms with Gasteiger partial charge in [-0.05, 0) is 50.2 Å². The van der Waals surface area contributed by atoms with Crippen molar-refractivity contribution in [3.05, 3.63) is 54.6 Å². The smallest absolute Gasteiger partial charge is 0.231 e. The number of hydrogen-bond acceptors (Lipinski definition) is 2. The summed E-state index contributed by atoms with van der Waals surface area (Å²) < 4.78 is 5.69. The molecule has 2 rings (SSSR count). The van der Waals surface area contributed by atoms with Crippen LogP contribution < -0.4 is 10.1 Å². The Hall–Kier alpha value is -2.00. The van der Waals surface area contributed by atoms with Gasteiger partial charge in [-0.15, -0.1) is 11.6 Å². The van der Waals surface area contributed by atoms with Crippen molar-refractivity contribution < 1.29 is 9.53 Å². The number of carbonyl (C=O) groups excluding carboxylic acids is 1. The average molecular weight is 304 g/mol. The zero-order chi connectivity index (χ0) is 15.3. The van der Waals surface area contributed by atoms with E-state index >= 15 is 0 Å². The molecule has 0 aliphatic heterocycles. The zero-order valence-electron chi connectivity index (χ0n) is 12.1. The molecule has 0 atom stereocenters. The third-order valence-corrected chi connectivity index (χ3v) is 3.71. The molecule has 0 saturated heterocycles. The molecule has 21 heavy (non-hydrogen) atoms. The number of amides is 1. The summed E-state index contributed by atoms with van der Waals surface area (Å²) in [5, 5.41) is 2.85. The van der Waals surface area contributed by atoms with Gasteiger partial charge >= 0.3 is 0 Å². The molecular formula is C17H18ClNO2. The van der Waals surface area contributed by atoms with E-state index < -0.39 is 5.41 Å². The van der Waals surface area contributed by atoms with Crippen LogP contribution in [0.15, 0.2) is 54.6 Å². The average Bonchev–Trinajstić information content (AvgIpc) is 2.50. The summed E-state index contributed by atoms with van der Waals surface area (Å²) in [6.07, 6.45) is 0. The molecule has 1 N–H and O–H groups in total. The van der Waals surface area contributed by atoms with Crippen LogP contribution in [0.3, 0.4) is 0 Å². The summed E-state index contributed by atoms with van der Waals surface area (Å²) in [6, 6.07) is 16.8. The topological polar surface area (TPSA) is 38.3 Å². The lowest BCUT2D eigenvalue weighted by atomic mass is 9.95. The Bertz CT molecular complexity index is 594. The Morgan fingerprint density at radius 2 is 1.62 bits per heavy atom. The summed E-state index contributed by atoms with van der Waals surface area (Å²) in [5.74, 6) is 1.66. The second-order valence-electron chi connectivity index (χ2n) is 5.41. The lowest BCUT2D eigenvalue weighted by Crippen LogP contribution is -2.32. The van der Waals surface area contributed by atoms with Crippen molar-refractivity contribution >= 4 is 23.2 Å². The molecule has 2 aromatic rings. The van der Waals surface area contributed by atoms with E-state index in [0.717, 1.165) is 17.2 Å². The Labute approximate surface area is 129 Å². The van der Waals surface area contributed by atoms with Crippen LogP contribution in [-0.4, -0.2) is 11.8 Å². The van der Waals surface area contributed by atoms with Crippen LogP contribution >= 0.6 is 11.6 Å². The molecule has 3 nitrogen and oxygen atoms in total. The van der Waals surface area contributed by atoms with E-state index in [9.17, 15) is 4.79 Å². The molecule has 0 aromatic heterocycles. The van der Waals surface area contributed by atoms with Gasteiger partial charge in [0.2, 0.25) is 5.91 Å². The number of hydrogen-bond donors (Lipinski definition) is 1. The first-order chi connectivity index (χ1) is 10.0. The van der Waals surface area contributed by atoms with Gasteiger partial charge < -0.3 is 10.1 Å². The standard InChI is InChI=1S/C17H18ClNO2/c1-17(2,12-18)16(20)19-13-8-10-15(11-9-13)21-14-6-4-3-5-7-14/h3-11H,12H2,1-2H3,(H,19,20). The van der Waals surface area contributed by atoms with Crippen molar-refractivity contribution in [3.8, 4) is 11.5 Å². The maximum Gasteiger partial charge on any atom is 0.231 e. The van der Waals surface area contributed by atoms with Gasteiger partial charge in [0.15, 0.2) is 0 Å². The molecule has 0 heterocycles. The van der Waals surface area contributed by atoms with Crippen LogP contribution in [0.25, 0.3) is 0 Å². The van der Waals surface area contributed by atoms with Crippen molar-refractivity contribution in [3.63, 3.8) is 0 Å². The highest BCUT2D eigenvalue weighted by atomic mass is 35.5. The number of para-hydroxylation sites is 1. The number of anilines is 1. The summed E-state index contributed by atoms with van der Waals surface area (Å²) in [4.78, 5) is 12.0. The number of rotatable bonds is 5. The van der Waals surface area contributed by atoms with Gasteiger partial charge in [0.1, 0.15) is 11.5 Å². The fourth-order valence-corrected chi connectivity index (χ4v) is 1.71. The molecule has 4 heteroatoms. The van der Waals surface area contributed by atoms with Crippen LogP contribution in [0.4, 0.5) is 5.69 Å². The molecule has 0 aliphatic carbocycles. The lowest BCUT2D eigenvalue weighted by molar-refractivity contribution is -0.122. The Kier molecular flexibility index (Phi) is 4.86. The van der Waals surface area contributed by atoms with Crippen LogP contribution in [0.2, 0.25) is 0 Å². The first-order valence-electron chi connectivity index (χ1n) is 6.72. The summed E-state index contributed by atoms with van der Waals surface area (Å²) >= 11 is 5.79. The van der Waals surface area contributed by atoms with E-state index in [4.69, 9.17) is 16.3 Å². The third-order valence-electron chi connectivity index (χ3n) is 3.04. The number of ether oxygens (including phenoxy) is 1. The fourth-order valence-electron chi connectivity index (χ4n) is 1.59. The molecule has 0 spiro atoms. The number of nitrogens with one attached hydrogen (secondary N) is 1. The number of halogens is 1. The SMILES string of the molecule is CC(C)(CCl)C(=O)Nc1ccc(Oc2ccccc2)cc1. The van der Waals surface area contributed by atoms with Gasteiger partial charge in [0.25, 0.3) is 0 Å². The van der Waals surface area contributed by atoms with E-state index in [1.807, 2.05) is 56.3 Å². The largest absolute Gasteiger partial charge is 0.457 e. The van der Waals surface area contributed by atoms with Crippen molar-refractivity contribution in [1.82, 2.24) is 0 Å². The van der Waals surface area contributed by atoms with Gasteiger partial charge in [-0.1, -0.05) is 18.2 Å². The van der Waals surface area contributed by atoms with Crippen molar-refractivity contribution in [1.29, 1.82) is 0 Å². The Morgan fingerprint density at radius 1 is 1.05 bits per heavy atom. The molecule has 2 aromatic carbocycles. The normalized spacial score (nSPS) is 11.0. The van der Waals surface area contributed by atoms with Gasteiger partial charge in [0, 0.05) is 11.6 Å². The van der Waals surface area contributed by atoms with E-state index in [1.54, 1.807) is 12.1 Å². The van der Waals surface area contributed by atoms with Crippen LogP contribution in [0.1, 0.15) is 13.8 Å². The van der Waals surface area contributed by atoms with Crippen molar-refractivity contribution in [2.75, 3.05) is 11.2 Å². The third kappa shape index (κ3) is 4.23. The summed E-state index contributed by atoms with van der Waals surface area (Å²) in [7, 11) is 0. The molecule has 0 fully saturated rings. The first kappa shape index (κ1) is 15.4. The minimum absolute atomic E-state index is 0.103. The predicted molar refractivity (Wildman–Crippen MR) is 86.1 cm³/mol. The maximum atomic E-state index is 12.0. The molecule has 0 unspecified atom stereocenters. The first-order valence-corrected chi connectivity index (χ1v) is 7.25. The van der Waals surface area contributed by atoms with Crippen LogP contribution in [0.5, 0.6) is 11.5 Å². The Morgan fingerprint density at radius 3 is 2.19 bits per heavy atom.